The van der Waals surface area contributed by atoms with E-state index in [0.29, 0.717) is 45.6 Å². The predicted molar refractivity (Wildman–Crippen MR) is 126 cm³/mol. The largest absolute Gasteiger partial charge is 0.497 e. The predicted octanol–water partition coefficient (Wildman–Crippen LogP) is 2.19. The van der Waals surface area contributed by atoms with E-state index in [9.17, 15) is 14.4 Å². The Kier molecular flexibility index (Phi) is 9.26. The van der Waals surface area contributed by atoms with E-state index in [1.165, 1.54) is 0 Å². The molecule has 1 aliphatic rings. The number of rotatable bonds is 8. The van der Waals surface area contributed by atoms with Crippen molar-refractivity contribution >= 4 is 17.8 Å². The quantitative estimate of drug-likeness (QED) is 0.641. The minimum absolute atomic E-state index is 0.123. The summed E-state index contributed by atoms with van der Waals surface area (Å²) in [7, 11) is 1.63. The summed E-state index contributed by atoms with van der Waals surface area (Å²) < 4.78 is 5.16. The van der Waals surface area contributed by atoms with E-state index in [-0.39, 0.29) is 18.4 Å². The maximum Gasteiger partial charge on any atom is 0.321 e. The summed E-state index contributed by atoms with van der Waals surface area (Å²) in [5.41, 5.74) is 2.06. The van der Waals surface area contributed by atoms with E-state index < -0.39 is 6.03 Å². The Morgan fingerprint density at radius 1 is 0.909 bits per heavy atom. The highest BCUT2D eigenvalue weighted by Gasteiger charge is 2.21. The van der Waals surface area contributed by atoms with E-state index >= 15 is 0 Å². The molecule has 176 valence electrons. The van der Waals surface area contributed by atoms with E-state index in [1.807, 2.05) is 64.4 Å². The molecule has 0 spiro atoms. The van der Waals surface area contributed by atoms with Crippen LogP contribution in [-0.4, -0.2) is 67.5 Å². The lowest BCUT2D eigenvalue weighted by molar-refractivity contribution is -0.131. The molecule has 3 rings (SSSR count). The van der Waals surface area contributed by atoms with Crippen LogP contribution in [0.3, 0.4) is 0 Å². The molecule has 33 heavy (non-hydrogen) atoms. The molecule has 1 fully saturated rings. The third kappa shape index (κ3) is 8.23. The van der Waals surface area contributed by atoms with Crippen molar-refractivity contribution in [3.8, 4) is 5.75 Å². The number of imide groups is 1. The van der Waals surface area contributed by atoms with Gasteiger partial charge in [0.1, 0.15) is 5.75 Å². The van der Waals surface area contributed by atoms with Crippen molar-refractivity contribution in [1.29, 1.82) is 0 Å². The van der Waals surface area contributed by atoms with Crippen molar-refractivity contribution in [2.75, 3.05) is 39.8 Å². The normalized spacial score (nSPS) is 14.3. The van der Waals surface area contributed by atoms with Crippen LogP contribution in [0.5, 0.6) is 5.75 Å². The molecule has 8 heteroatoms. The molecule has 1 heterocycles. The van der Waals surface area contributed by atoms with Gasteiger partial charge in [0.05, 0.1) is 13.7 Å². The van der Waals surface area contributed by atoms with Crippen LogP contribution >= 0.6 is 0 Å². The molecule has 0 aliphatic carbocycles. The second-order valence-electron chi connectivity index (χ2n) is 8.08. The van der Waals surface area contributed by atoms with Gasteiger partial charge in [-0.1, -0.05) is 42.5 Å². The minimum Gasteiger partial charge on any atom is -0.497 e. The zero-order valence-corrected chi connectivity index (χ0v) is 19.1. The van der Waals surface area contributed by atoms with Crippen LogP contribution < -0.4 is 15.4 Å². The zero-order valence-electron chi connectivity index (χ0n) is 19.1. The molecule has 1 saturated heterocycles. The topological polar surface area (TPSA) is 91.0 Å². The summed E-state index contributed by atoms with van der Waals surface area (Å²) >= 11 is 0. The van der Waals surface area contributed by atoms with Gasteiger partial charge in [-0.25, -0.2) is 4.79 Å². The van der Waals surface area contributed by atoms with Gasteiger partial charge in [-0.15, -0.1) is 0 Å². The van der Waals surface area contributed by atoms with Gasteiger partial charge in [0.2, 0.25) is 11.8 Å². The van der Waals surface area contributed by atoms with Crippen molar-refractivity contribution in [2.24, 2.45) is 0 Å². The lowest BCUT2D eigenvalue weighted by atomic mass is 10.1. The summed E-state index contributed by atoms with van der Waals surface area (Å²) in [6, 6.07) is 16.8. The first-order valence-electron chi connectivity index (χ1n) is 11.3. The molecule has 4 amide bonds. The SMILES string of the molecule is COc1ccc(CCC(=O)N2CCCN(CC(=O)NC(=O)NCc3ccccc3)CC2)cc1. The van der Waals surface area contributed by atoms with Crippen LogP contribution in [0.1, 0.15) is 24.0 Å². The highest BCUT2D eigenvalue weighted by atomic mass is 16.5. The van der Waals surface area contributed by atoms with Crippen molar-refractivity contribution in [1.82, 2.24) is 20.4 Å². The van der Waals surface area contributed by atoms with E-state index in [4.69, 9.17) is 4.74 Å². The number of hydrogen-bond donors (Lipinski definition) is 2. The summed E-state index contributed by atoms with van der Waals surface area (Å²) in [5.74, 6) is 0.577. The zero-order chi connectivity index (χ0) is 23.5. The standard InChI is InChI=1S/C25H32N4O4/c1-33-22-11-8-20(9-12-22)10-13-24(31)29-15-5-14-28(16-17-29)19-23(30)27-25(32)26-18-21-6-3-2-4-7-21/h2-4,6-9,11-12H,5,10,13-19H2,1H3,(H2,26,27,30,32). The highest BCUT2D eigenvalue weighted by molar-refractivity contribution is 5.95. The minimum atomic E-state index is -0.506. The second kappa shape index (κ2) is 12.6. The van der Waals surface area contributed by atoms with Gasteiger partial charge in [0.15, 0.2) is 0 Å². The number of carbonyl (C=O) groups is 3. The highest BCUT2D eigenvalue weighted by Crippen LogP contribution is 2.13. The van der Waals surface area contributed by atoms with E-state index in [0.717, 1.165) is 23.3 Å². The van der Waals surface area contributed by atoms with Crippen LogP contribution in [0.2, 0.25) is 0 Å². The van der Waals surface area contributed by atoms with Crippen LogP contribution in [0.15, 0.2) is 54.6 Å². The number of urea groups is 1. The molecule has 2 aromatic rings. The molecule has 0 unspecified atom stereocenters. The number of amides is 4. The van der Waals surface area contributed by atoms with Crippen LogP contribution in [0, 0.1) is 0 Å². The first-order valence-corrected chi connectivity index (χ1v) is 11.3. The van der Waals surface area contributed by atoms with Gasteiger partial charge in [0, 0.05) is 39.1 Å². The average molecular weight is 453 g/mol. The summed E-state index contributed by atoms with van der Waals surface area (Å²) in [6.07, 6.45) is 1.93. The molecule has 8 nitrogen and oxygen atoms in total. The van der Waals surface area contributed by atoms with Crippen LogP contribution in [-0.2, 0) is 22.6 Å². The number of benzene rings is 2. The molecule has 0 radical (unpaired) electrons. The smallest absolute Gasteiger partial charge is 0.321 e. The molecule has 1 aliphatic heterocycles. The van der Waals surface area contributed by atoms with E-state index in [1.54, 1.807) is 7.11 Å². The Balaban J connectivity index is 1.36. The molecule has 2 N–H and O–H groups in total. The molecular weight excluding hydrogens is 420 g/mol. The number of aryl methyl sites for hydroxylation is 1. The fourth-order valence-electron chi connectivity index (χ4n) is 3.77. The van der Waals surface area contributed by atoms with Crippen molar-refractivity contribution in [2.45, 2.75) is 25.8 Å². The fraction of sp³-hybridized carbons (Fsp3) is 0.400. The fourth-order valence-corrected chi connectivity index (χ4v) is 3.77. The van der Waals surface area contributed by atoms with Crippen LogP contribution in [0.4, 0.5) is 4.79 Å². The second-order valence-corrected chi connectivity index (χ2v) is 8.08. The molecule has 0 bridgehead atoms. The number of methoxy groups -OCH3 is 1. The molecule has 0 atom stereocenters. The molecule has 0 saturated carbocycles. The van der Waals surface area contributed by atoms with Gasteiger partial charge in [0.25, 0.3) is 0 Å². The van der Waals surface area contributed by atoms with Gasteiger partial charge in [-0.2, -0.15) is 0 Å². The van der Waals surface area contributed by atoms with Gasteiger partial charge >= 0.3 is 6.03 Å². The number of ether oxygens (including phenoxy) is 1. The Bertz CT molecular complexity index is 918. The average Bonchev–Trinajstić information content (AvgIpc) is 3.07. The lowest BCUT2D eigenvalue weighted by Gasteiger charge is -2.21. The summed E-state index contributed by atoms with van der Waals surface area (Å²) in [4.78, 5) is 40.8. The third-order valence-electron chi connectivity index (χ3n) is 5.64. The van der Waals surface area contributed by atoms with Crippen molar-refractivity contribution < 1.29 is 19.1 Å². The molecular formula is C25H32N4O4. The summed E-state index contributed by atoms with van der Waals surface area (Å²) in [5, 5.41) is 5.06. The van der Waals surface area contributed by atoms with Gasteiger partial charge < -0.3 is 15.0 Å². The van der Waals surface area contributed by atoms with Gasteiger partial charge in [-0.3, -0.25) is 19.8 Å². The Morgan fingerprint density at radius 3 is 2.39 bits per heavy atom. The van der Waals surface area contributed by atoms with E-state index in [2.05, 4.69) is 10.6 Å². The number of hydrogen-bond acceptors (Lipinski definition) is 5. The number of carbonyl (C=O) groups excluding carboxylic acids is 3. The summed E-state index contributed by atoms with van der Waals surface area (Å²) in [6.45, 7) is 3.06. The molecule has 0 aromatic heterocycles. The maximum absolute atomic E-state index is 12.7. The monoisotopic (exact) mass is 452 g/mol. The van der Waals surface area contributed by atoms with Crippen molar-refractivity contribution in [3.63, 3.8) is 0 Å². The Morgan fingerprint density at radius 2 is 1.67 bits per heavy atom. The van der Waals surface area contributed by atoms with Crippen molar-refractivity contribution in [3.05, 3.63) is 65.7 Å². The first-order chi connectivity index (χ1) is 16.0. The van der Waals surface area contributed by atoms with Gasteiger partial charge in [-0.05, 0) is 36.1 Å². The third-order valence-corrected chi connectivity index (χ3v) is 5.64. The lowest BCUT2D eigenvalue weighted by Crippen LogP contribution is -2.45. The number of nitrogens with zero attached hydrogens (tertiary/aromatic N) is 2. The Labute approximate surface area is 194 Å². The Hall–Kier alpha value is -3.39. The number of nitrogens with one attached hydrogen (secondary N) is 2. The maximum atomic E-state index is 12.7. The van der Waals surface area contributed by atoms with Crippen LogP contribution in [0.25, 0.3) is 0 Å². The first kappa shape index (κ1) is 24.3. The molecule has 2 aromatic carbocycles.